The van der Waals surface area contributed by atoms with Crippen LogP contribution < -0.4 is 5.32 Å². The van der Waals surface area contributed by atoms with E-state index in [2.05, 4.69) is 69.9 Å². The molecule has 2 rings (SSSR count). The third-order valence-corrected chi connectivity index (χ3v) is 5.88. The van der Waals surface area contributed by atoms with Crippen molar-refractivity contribution in [1.29, 1.82) is 0 Å². The van der Waals surface area contributed by atoms with Gasteiger partial charge in [0.2, 0.25) is 0 Å². The van der Waals surface area contributed by atoms with Crippen LogP contribution in [0.3, 0.4) is 0 Å². The summed E-state index contributed by atoms with van der Waals surface area (Å²) in [5, 5.41) is 3.57. The van der Waals surface area contributed by atoms with Crippen LogP contribution in [-0.4, -0.2) is 60.6 Å². The van der Waals surface area contributed by atoms with Gasteiger partial charge in [-0.05, 0) is 80.3 Å². The van der Waals surface area contributed by atoms with E-state index in [0.29, 0.717) is 11.6 Å². The highest BCUT2D eigenvalue weighted by molar-refractivity contribution is 5.14. The summed E-state index contributed by atoms with van der Waals surface area (Å²) in [4.78, 5) is 5.12. The number of likely N-dealkylation sites (N-methyl/N-ethyl adjacent to an activating group) is 2. The minimum atomic E-state index is 0.275. The number of nitrogens with zero attached hydrogens (tertiary/aromatic N) is 2. The second-order valence-corrected chi connectivity index (χ2v) is 9.37. The molecule has 0 aromatic rings. The zero-order valence-corrected chi connectivity index (χ0v) is 16.6. The summed E-state index contributed by atoms with van der Waals surface area (Å²) in [5.74, 6) is 0.840. The number of hydrogen-bond acceptors (Lipinski definition) is 3. The zero-order valence-electron chi connectivity index (χ0n) is 16.6. The first-order valence-electron chi connectivity index (χ1n) is 9.46. The monoisotopic (exact) mass is 321 g/mol. The van der Waals surface area contributed by atoms with Crippen molar-refractivity contribution >= 4 is 0 Å². The molecule has 0 bridgehead atoms. The topological polar surface area (TPSA) is 18.5 Å². The number of rotatable bonds is 5. The van der Waals surface area contributed by atoms with Crippen LogP contribution in [0.2, 0.25) is 0 Å². The van der Waals surface area contributed by atoms with E-state index in [1.807, 2.05) is 0 Å². The van der Waals surface area contributed by atoms with Gasteiger partial charge in [0.25, 0.3) is 0 Å². The smallest absolute Gasteiger partial charge is 0.0277 e. The van der Waals surface area contributed by atoms with Gasteiger partial charge in [-0.1, -0.05) is 11.6 Å². The van der Waals surface area contributed by atoms with Gasteiger partial charge in [0.1, 0.15) is 0 Å². The second-order valence-electron chi connectivity index (χ2n) is 9.37. The normalized spacial score (nSPS) is 28.0. The molecule has 2 aliphatic heterocycles. The van der Waals surface area contributed by atoms with Crippen LogP contribution in [0.4, 0.5) is 0 Å². The van der Waals surface area contributed by atoms with E-state index in [1.165, 1.54) is 38.8 Å². The van der Waals surface area contributed by atoms with E-state index >= 15 is 0 Å². The zero-order chi connectivity index (χ0) is 17.3. The summed E-state index contributed by atoms with van der Waals surface area (Å²) in [5.41, 5.74) is 2.25. The second kappa shape index (κ2) is 7.25. The molecule has 2 unspecified atom stereocenters. The SMILES string of the molecule is CNC(CCC1CN(C(C)(C)C)C(C)(C)C1)C1=CCN(C)CC1. The van der Waals surface area contributed by atoms with Crippen molar-refractivity contribution in [2.45, 2.75) is 77.4 Å². The van der Waals surface area contributed by atoms with Gasteiger partial charge in [0.15, 0.2) is 0 Å². The molecule has 2 atom stereocenters. The van der Waals surface area contributed by atoms with Gasteiger partial charge in [-0.3, -0.25) is 4.90 Å². The summed E-state index contributed by atoms with van der Waals surface area (Å²) >= 11 is 0. The number of hydrogen-bond donors (Lipinski definition) is 1. The Balaban J connectivity index is 1.90. The van der Waals surface area contributed by atoms with Gasteiger partial charge in [0, 0.05) is 36.8 Å². The van der Waals surface area contributed by atoms with Crippen molar-refractivity contribution in [2.24, 2.45) is 5.92 Å². The van der Waals surface area contributed by atoms with Crippen molar-refractivity contribution in [3.05, 3.63) is 11.6 Å². The molecule has 23 heavy (non-hydrogen) atoms. The number of nitrogens with one attached hydrogen (secondary N) is 1. The predicted octanol–water partition coefficient (Wildman–Crippen LogP) is 3.52. The van der Waals surface area contributed by atoms with Gasteiger partial charge in [-0.15, -0.1) is 0 Å². The van der Waals surface area contributed by atoms with Crippen LogP contribution >= 0.6 is 0 Å². The van der Waals surface area contributed by atoms with Crippen molar-refractivity contribution < 1.29 is 0 Å². The van der Waals surface area contributed by atoms with E-state index in [9.17, 15) is 0 Å². The molecule has 1 saturated heterocycles. The highest BCUT2D eigenvalue weighted by atomic mass is 15.3. The van der Waals surface area contributed by atoms with Crippen molar-refractivity contribution in [3.8, 4) is 0 Å². The third kappa shape index (κ3) is 4.80. The maximum absolute atomic E-state index is 3.57. The molecule has 0 aromatic carbocycles. The Morgan fingerprint density at radius 3 is 2.52 bits per heavy atom. The standard InChI is InChI=1S/C20H39N3/c1-19(2,3)23-15-16(14-20(23,4)5)8-9-18(21-6)17-10-12-22(7)13-11-17/h10,16,18,21H,8-9,11-15H2,1-7H3. The first kappa shape index (κ1) is 19.0. The van der Waals surface area contributed by atoms with Gasteiger partial charge in [-0.25, -0.2) is 0 Å². The first-order valence-corrected chi connectivity index (χ1v) is 9.46. The molecule has 1 N–H and O–H groups in total. The Bertz CT molecular complexity index is 419. The van der Waals surface area contributed by atoms with Gasteiger partial charge in [-0.2, -0.15) is 0 Å². The van der Waals surface area contributed by atoms with E-state index in [0.717, 1.165) is 12.5 Å². The van der Waals surface area contributed by atoms with Crippen LogP contribution in [0.1, 0.15) is 60.3 Å². The van der Waals surface area contributed by atoms with E-state index in [4.69, 9.17) is 0 Å². The van der Waals surface area contributed by atoms with Crippen molar-refractivity contribution in [1.82, 2.24) is 15.1 Å². The quantitative estimate of drug-likeness (QED) is 0.782. The molecular formula is C20H39N3. The minimum absolute atomic E-state index is 0.275. The van der Waals surface area contributed by atoms with Crippen LogP contribution in [0.5, 0.6) is 0 Å². The summed E-state index contributed by atoms with van der Waals surface area (Å²) in [6.45, 7) is 15.5. The molecule has 1 fully saturated rings. The minimum Gasteiger partial charge on any atom is -0.313 e. The van der Waals surface area contributed by atoms with Crippen LogP contribution in [0, 0.1) is 5.92 Å². The fraction of sp³-hybridized carbons (Fsp3) is 0.900. The Hall–Kier alpha value is -0.380. The molecule has 0 aliphatic carbocycles. The lowest BCUT2D eigenvalue weighted by Gasteiger charge is -2.42. The lowest BCUT2D eigenvalue weighted by Crippen LogP contribution is -2.50. The van der Waals surface area contributed by atoms with Crippen molar-refractivity contribution in [3.63, 3.8) is 0 Å². The fourth-order valence-electron chi connectivity index (χ4n) is 4.78. The molecule has 2 aliphatic rings. The predicted molar refractivity (Wildman–Crippen MR) is 101 cm³/mol. The highest BCUT2D eigenvalue weighted by Gasteiger charge is 2.43. The van der Waals surface area contributed by atoms with Gasteiger partial charge in [0.05, 0.1) is 0 Å². The van der Waals surface area contributed by atoms with Gasteiger partial charge >= 0.3 is 0 Å². The molecule has 0 radical (unpaired) electrons. The Labute approximate surface area is 144 Å². The molecule has 3 nitrogen and oxygen atoms in total. The third-order valence-electron chi connectivity index (χ3n) is 5.88. The first-order chi connectivity index (χ1) is 10.6. The molecule has 134 valence electrons. The maximum atomic E-state index is 3.57. The summed E-state index contributed by atoms with van der Waals surface area (Å²) in [6, 6.07) is 0.579. The Morgan fingerprint density at radius 1 is 1.35 bits per heavy atom. The average molecular weight is 322 g/mol. The van der Waals surface area contributed by atoms with Gasteiger partial charge < -0.3 is 10.2 Å². The molecule has 3 heteroatoms. The molecular weight excluding hydrogens is 282 g/mol. The molecule has 2 heterocycles. The van der Waals surface area contributed by atoms with E-state index in [1.54, 1.807) is 5.57 Å². The lowest BCUT2D eigenvalue weighted by molar-refractivity contribution is 0.0669. The molecule has 0 saturated carbocycles. The largest absolute Gasteiger partial charge is 0.313 e. The molecule has 0 amide bonds. The maximum Gasteiger partial charge on any atom is 0.0277 e. The summed E-state index contributed by atoms with van der Waals surface area (Å²) in [7, 11) is 4.34. The molecule has 0 aromatic heterocycles. The number of likely N-dealkylation sites (tertiary alicyclic amines) is 1. The van der Waals surface area contributed by atoms with E-state index < -0.39 is 0 Å². The highest BCUT2D eigenvalue weighted by Crippen LogP contribution is 2.40. The summed E-state index contributed by atoms with van der Waals surface area (Å²) in [6.07, 6.45) is 7.64. The summed E-state index contributed by atoms with van der Waals surface area (Å²) < 4.78 is 0. The average Bonchev–Trinajstić information content (AvgIpc) is 2.76. The van der Waals surface area contributed by atoms with Crippen LogP contribution in [0.15, 0.2) is 11.6 Å². The molecule has 0 spiro atoms. The fourth-order valence-corrected chi connectivity index (χ4v) is 4.78. The van der Waals surface area contributed by atoms with Crippen LogP contribution in [0.25, 0.3) is 0 Å². The lowest BCUT2D eigenvalue weighted by atomic mass is 9.89. The van der Waals surface area contributed by atoms with Crippen molar-refractivity contribution in [2.75, 3.05) is 33.7 Å². The van der Waals surface area contributed by atoms with E-state index in [-0.39, 0.29) is 5.54 Å². The van der Waals surface area contributed by atoms with Crippen LogP contribution in [-0.2, 0) is 0 Å². The Kier molecular flexibility index (Phi) is 5.97. The Morgan fingerprint density at radius 2 is 2.04 bits per heavy atom.